The molecule has 1 unspecified atom stereocenters. The molecule has 1 amide bonds. The maximum absolute atomic E-state index is 12.3. The lowest BCUT2D eigenvalue weighted by Crippen LogP contribution is -2.29. The van der Waals surface area contributed by atoms with E-state index in [4.69, 9.17) is 5.11 Å². The normalized spacial score (nSPS) is 18.9. The van der Waals surface area contributed by atoms with Crippen molar-refractivity contribution in [3.63, 3.8) is 0 Å². The topological polar surface area (TPSA) is 57.6 Å². The number of likely N-dealkylation sites (tertiary alicyclic amines) is 1. The van der Waals surface area contributed by atoms with Crippen LogP contribution >= 0.6 is 0 Å². The zero-order chi connectivity index (χ0) is 14.0. The van der Waals surface area contributed by atoms with Gasteiger partial charge in [-0.15, -0.1) is 0 Å². The number of benzene rings is 1. The van der Waals surface area contributed by atoms with Gasteiger partial charge in [0.1, 0.15) is 0 Å². The third kappa shape index (κ3) is 2.95. The van der Waals surface area contributed by atoms with E-state index in [1.165, 1.54) is 12.1 Å². The first-order valence-corrected chi connectivity index (χ1v) is 6.61. The summed E-state index contributed by atoms with van der Waals surface area (Å²) in [6, 6.07) is 6.14. The molecule has 1 N–H and O–H groups in total. The molecule has 1 saturated heterocycles. The van der Waals surface area contributed by atoms with Crippen LogP contribution in [0.2, 0.25) is 0 Å². The summed E-state index contributed by atoms with van der Waals surface area (Å²) in [6.07, 6.45) is 1.05. The summed E-state index contributed by atoms with van der Waals surface area (Å²) < 4.78 is 0. The van der Waals surface area contributed by atoms with Crippen molar-refractivity contribution in [3.05, 3.63) is 35.4 Å². The molecule has 0 bridgehead atoms. The van der Waals surface area contributed by atoms with Gasteiger partial charge in [-0.05, 0) is 42.5 Å². The number of nitrogens with zero attached hydrogens (tertiary/aromatic N) is 1. The van der Waals surface area contributed by atoms with Gasteiger partial charge in [0.15, 0.2) is 0 Å². The molecule has 1 aliphatic heterocycles. The number of carboxylic acids is 1. The molecule has 1 heterocycles. The van der Waals surface area contributed by atoms with Crippen LogP contribution < -0.4 is 0 Å². The van der Waals surface area contributed by atoms with Crippen molar-refractivity contribution in [1.82, 2.24) is 4.90 Å². The van der Waals surface area contributed by atoms with Gasteiger partial charge in [-0.3, -0.25) is 4.79 Å². The molecule has 102 valence electrons. The van der Waals surface area contributed by atoms with Crippen molar-refractivity contribution in [2.75, 3.05) is 13.1 Å². The first kappa shape index (κ1) is 13.6. The van der Waals surface area contributed by atoms with Gasteiger partial charge in [0.05, 0.1) is 5.56 Å². The van der Waals surface area contributed by atoms with Gasteiger partial charge < -0.3 is 10.0 Å². The van der Waals surface area contributed by atoms with Crippen LogP contribution in [0, 0.1) is 11.8 Å². The van der Waals surface area contributed by atoms with Gasteiger partial charge in [0.25, 0.3) is 5.91 Å². The second-order valence-corrected chi connectivity index (χ2v) is 5.43. The molecule has 1 aliphatic rings. The molecule has 4 nitrogen and oxygen atoms in total. The highest BCUT2D eigenvalue weighted by Crippen LogP contribution is 2.24. The molecule has 1 atom stereocenters. The molecule has 0 aliphatic carbocycles. The number of carbonyl (C=O) groups is 2. The van der Waals surface area contributed by atoms with Crippen LogP contribution in [0.25, 0.3) is 0 Å². The third-order valence-electron chi connectivity index (χ3n) is 3.83. The number of carboxylic acid groups (broad SMARTS) is 1. The molecule has 0 spiro atoms. The summed E-state index contributed by atoms with van der Waals surface area (Å²) in [7, 11) is 0. The molecule has 2 rings (SSSR count). The Morgan fingerprint density at radius 2 is 1.79 bits per heavy atom. The van der Waals surface area contributed by atoms with E-state index in [0.29, 0.717) is 17.4 Å². The lowest BCUT2D eigenvalue weighted by atomic mass is 9.95. The number of amides is 1. The standard InChI is InChI=1S/C15H19NO3/c1-10(2)13-7-8-16(9-13)14(17)11-3-5-12(6-4-11)15(18)19/h3-6,10,13H,7-9H2,1-2H3,(H,18,19). The molecule has 0 radical (unpaired) electrons. The van der Waals surface area contributed by atoms with E-state index in [0.717, 1.165) is 19.5 Å². The minimum absolute atomic E-state index is 0.0000822. The van der Waals surface area contributed by atoms with Gasteiger partial charge in [-0.25, -0.2) is 4.79 Å². The van der Waals surface area contributed by atoms with Crippen molar-refractivity contribution < 1.29 is 14.7 Å². The first-order valence-electron chi connectivity index (χ1n) is 6.61. The van der Waals surface area contributed by atoms with E-state index in [1.54, 1.807) is 12.1 Å². The number of carbonyl (C=O) groups excluding carboxylic acids is 1. The van der Waals surface area contributed by atoms with Crippen LogP contribution in [0.4, 0.5) is 0 Å². The Balaban J connectivity index is 2.06. The number of hydrogen-bond donors (Lipinski definition) is 1. The number of hydrogen-bond acceptors (Lipinski definition) is 2. The zero-order valence-electron chi connectivity index (χ0n) is 11.3. The molecule has 1 fully saturated rings. The van der Waals surface area contributed by atoms with E-state index >= 15 is 0 Å². The summed E-state index contributed by atoms with van der Waals surface area (Å²) in [4.78, 5) is 24.9. The second kappa shape index (κ2) is 5.43. The molecule has 1 aromatic rings. The lowest BCUT2D eigenvalue weighted by Gasteiger charge is -2.18. The highest BCUT2D eigenvalue weighted by molar-refractivity contribution is 5.96. The van der Waals surface area contributed by atoms with E-state index < -0.39 is 5.97 Å². The summed E-state index contributed by atoms with van der Waals surface area (Å²) >= 11 is 0. The molecular formula is C15H19NO3. The summed E-state index contributed by atoms with van der Waals surface area (Å²) in [5.41, 5.74) is 0.771. The lowest BCUT2D eigenvalue weighted by molar-refractivity contribution is 0.0695. The van der Waals surface area contributed by atoms with Gasteiger partial charge in [-0.1, -0.05) is 13.8 Å². The largest absolute Gasteiger partial charge is 0.478 e. The van der Waals surface area contributed by atoms with Crippen molar-refractivity contribution in [1.29, 1.82) is 0 Å². The second-order valence-electron chi connectivity index (χ2n) is 5.43. The fourth-order valence-electron chi connectivity index (χ4n) is 2.45. The first-order chi connectivity index (χ1) is 8.99. The minimum atomic E-state index is -0.972. The molecule has 0 aromatic heterocycles. The Hall–Kier alpha value is -1.84. The van der Waals surface area contributed by atoms with E-state index in [9.17, 15) is 9.59 Å². The van der Waals surface area contributed by atoms with Crippen LogP contribution in [-0.2, 0) is 0 Å². The highest BCUT2D eigenvalue weighted by atomic mass is 16.4. The van der Waals surface area contributed by atoms with Crippen molar-refractivity contribution in [2.24, 2.45) is 11.8 Å². The minimum Gasteiger partial charge on any atom is -0.478 e. The average molecular weight is 261 g/mol. The van der Waals surface area contributed by atoms with Crippen LogP contribution in [-0.4, -0.2) is 35.0 Å². The van der Waals surface area contributed by atoms with Crippen LogP contribution in [0.3, 0.4) is 0 Å². The molecular weight excluding hydrogens is 242 g/mol. The number of aromatic carboxylic acids is 1. The van der Waals surface area contributed by atoms with E-state index in [1.807, 2.05) is 4.90 Å². The smallest absolute Gasteiger partial charge is 0.335 e. The quantitative estimate of drug-likeness (QED) is 0.909. The van der Waals surface area contributed by atoms with Gasteiger partial charge in [-0.2, -0.15) is 0 Å². The van der Waals surface area contributed by atoms with Crippen molar-refractivity contribution in [3.8, 4) is 0 Å². The van der Waals surface area contributed by atoms with Crippen LogP contribution in [0.5, 0.6) is 0 Å². The Morgan fingerprint density at radius 1 is 1.21 bits per heavy atom. The molecule has 19 heavy (non-hydrogen) atoms. The van der Waals surface area contributed by atoms with Gasteiger partial charge in [0, 0.05) is 18.7 Å². The molecule has 0 saturated carbocycles. The fraction of sp³-hybridized carbons (Fsp3) is 0.467. The fourth-order valence-corrected chi connectivity index (χ4v) is 2.45. The summed E-state index contributed by atoms with van der Waals surface area (Å²) in [5.74, 6) is 0.189. The van der Waals surface area contributed by atoms with E-state index in [2.05, 4.69) is 13.8 Å². The monoisotopic (exact) mass is 261 g/mol. The highest BCUT2D eigenvalue weighted by Gasteiger charge is 2.28. The average Bonchev–Trinajstić information content (AvgIpc) is 2.87. The zero-order valence-corrected chi connectivity index (χ0v) is 11.3. The Labute approximate surface area is 113 Å². The maximum atomic E-state index is 12.3. The van der Waals surface area contributed by atoms with Crippen LogP contribution in [0.15, 0.2) is 24.3 Å². The summed E-state index contributed by atoms with van der Waals surface area (Å²) in [5, 5.41) is 8.83. The van der Waals surface area contributed by atoms with E-state index in [-0.39, 0.29) is 11.5 Å². The third-order valence-corrected chi connectivity index (χ3v) is 3.83. The van der Waals surface area contributed by atoms with Gasteiger partial charge in [0.2, 0.25) is 0 Å². The Morgan fingerprint density at radius 3 is 2.26 bits per heavy atom. The predicted octanol–water partition coefficient (Wildman–Crippen LogP) is 2.50. The number of rotatable bonds is 3. The van der Waals surface area contributed by atoms with Crippen molar-refractivity contribution >= 4 is 11.9 Å². The molecule has 4 heteroatoms. The Bertz CT molecular complexity index is 479. The summed E-state index contributed by atoms with van der Waals surface area (Å²) in [6.45, 7) is 5.96. The van der Waals surface area contributed by atoms with Crippen LogP contribution in [0.1, 0.15) is 41.0 Å². The Kier molecular flexibility index (Phi) is 3.88. The predicted molar refractivity (Wildman–Crippen MR) is 72.2 cm³/mol. The molecule has 1 aromatic carbocycles. The SMILES string of the molecule is CC(C)C1CCN(C(=O)c2ccc(C(=O)O)cc2)C1. The maximum Gasteiger partial charge on any atom is 0.335 e. The van der Waals surface area contributed by atoms with Crippen molar-refractivity contribution in [2.45, 2.75) is 20.3 Å². The van der Waals surface area contributed by atoms with Gasteiger partial charge >= 0.3 is 5.97 Å².